The van der Waals surface area contributed by atoms with Gasteiger partial charge in [-0.05, 0) is 39.4 Å². The summed E-state index contributed by atoms with van der Waals surface area (Å²) in [5.41, 5.74) is 2.56. The number of methoxy groups -OCH3 is 1. The number of benzene rings is 1. The summed E-state index contributed by atoms with van der Waals surface area (Å²) in [5.74, 6) is 0.987. The highest BCUT2D eigenvalue weighted by Gasteiger charge is 2.28. The molecule has 1 N–H and O–H groups in total. The normalized spacial score (nSPS) is 16.7. The zero-order chi connectivity index (χ0) is 13.8. The first kappa shape index (κ1) is 14.4. The van der Waals surface area contributed by atoms with Crippen molar-refractivity contribution in [2.75, 3.05) is 27.2 Å². The summed E-state index contributed by atoms with van der Waals surface area (Å²) in [6, 6.07) is 7.55. The van der Waals surface area contributed by atoms with Gasteiger partial charge in [0.2, 0.25) is 0 Å². The van der Waals surface area contributed by atoms with E-state index in [1.165, 1.54) is 24.0 Å². The van der Waals surface area contributed by atoms with Crippen LogP contribution in [0.15, 0.2) is 18.2 Å². The third kappa shape index (κ3) is 3.71. The summed E-state index contributed by atoms with van der Waals surface area (Å²) >= 11 is 0. The average molecular weight is 262 g/mol. The van der Waals surface area contributed by atoms with Crippen LogP contribution < -0.4 is 10.1 Å². The van der Waals surface area contributed by atoms with Crippen LogP contribution in [0.1, 0.15) is 36.9 Å². The molecule has 1 fully saturated rings. The van der Waals surface area contributed by atoms with E-state index in [1.807, 2.05) is 0 Å². The third-order valence-corrected chi connectivity index (χ3v) is 3.85. The van der Waals surface area contributed by atoms with Crippen molar-refractivity contribution in [3.05, 3.63) is 29.3 Å². The van der Waals surface area contributed by atoms with Gasteiger partial charge in [-0.15, -0.1) is 0 Å². The molecule has 1 aliphatic carbocycles. The van der Waals surface area contributed by atoms with Crippen LogP contribution in [0.25, 0.3) is 0 Å². The fraction of sp³-hybridized carbons (Fsp3) is 0.625. The van der Waals surface area contributed by atoms with Crippen molar-refractivity contribution in [1.29, 1.82) is 0 Å². The van der Waals surface area contributed by atoms with Crippen LogP contribution >= 0.6 is 0 Å². The second-order valence-electron chi connectivity index (χ2n) is 5.53. The first-order valence-electron chi connectivity index (χ1n) is 7.23. The maximum absolute atomic E-state index is 5.53. The van der Waals surface area contributed by atoms with Crippen molar-refractivity contribution in [2.45, 2.75) is 38.8 Å². The van der Waals surface area contributed by atoms with Gasteiger partial charge in [-0.2, -0.15) is 0 Å². The molecule has 106 valence electrons. The zero-order valence-electron chi connectivity index (χ0n) is 12.6. The van der Waals surface area contributed by atoms with Crippen molar-refractivity contribution in [3.63, 3.8) is 0 Å². The van der Waals surface area contributed by atoms with Crippen molar-refractivity contribution < 1.29 is 4.74 Å². The molecule has 1 unspecified atom stereocenters. The van der Waals surface area contributed by atoms with Crippen molar-refractivity contribution in [1.82, 2.24) is 10.2 Å². The van der Waals surface area contributed by atoms with E-state index in [0.29, 0.717) is 6.04 Å². The van der Waals surface area contributed by atoms with Gasteiger partial charge in [-0.3, -0.25) is 0 Å². The van der Waals surface area contributed by atoms with E-state index in [0.717, 1.165) is 24.9 Å². The minimum Gasteiger partial charge on any atom is -0.496 e. The van der Waals surface area contributed by atoms with Gasteiger partial charge in [0.05, 0.1) is 7.11 Å². The molecule has 0 heterocycles. The first-order valence-corrected chi connectivity index (χ1v) is 7.23. The van der Waals surface area contributed by atoms with Gasteiger partial charge >= 0.3 is 0 Å². The Bertz CT molecular complexity index is 415. The van der Waals surface area contributed by atoms with Crippen LogP contribution in [0.2, 0.25) is 0 Å². The number of hydrogen-bond donors (Lipinski definition) is 1. The Morgan fingerprint density at radius 3 is 2.74 bits per heavy atom. The molecule has 0 bridgehead atoms. The lowest BCUT2D eigenvalue weighted by Gasteiger charge is -2.26. The quantitative estimate of drug-likeness (QED) is 0.818. The monoisotopic (exact) mass is 262 g/mol. The third-order valence-electron chi connectivity index (χ3n) is 3.85. The molecule has 0 aromatic heterocycles. The number of nitrogens with zero attached hydrogens (tertiary/aromatic N) is 1. The van der Waals surface area contributed by atoms with Gasteiger partial charge in [0.25, 0.3) is 0 Å². The molecule has 1 saturated carbocycles. The Hall–Kier alpha value is -1.06. The molecule has 3 nitrogen and oxygen atoms in total. The lowest BCUT2D eigenvalue weighted by molar-refractivity contribution is 0.279. The molecular formula is C16H26N2O. The molecule has 0 radical (unpaired) electrons. The van der Waals surface area contributed by atoms with E-state index in [9.17, 15) is 0 Å². The van der Waals surface area contributed by atoms with E-state index in [4.69, 9.17) is 4.74 Å². The summed E-state index contributed by atoms with van der Waals surface area (Å²) < 4.78 is 5.53. The van der Waals surface area contributed by atoms with Crippen LogP contribution in [-0.2, 0) is 0 Å². The van der Waals surface area contributed by atoms with Crippen molar-refractivity contribution in [3.8, 4) is 5.75 Å². The van der Waals surface area contributed by atoms with Gasteiger partial charge in [-0.25, -0.2) is 0 Å². The number of aryl methyl sites for hydroxylation is 1. The molecule has 0 saturated heterocycles. The first-order chi connectivity index (χ1) is 9.15. The number of ether oxygens (including phenoxy) is 1. The van der Waals surface area contributed by atoms with Crippen LogP contribution in [-0.4, -0.2) is 38.2 Å². The SMILES string of the molecule is CCNC(CN(C)C1CC1)c1cc(C)ccc1OC. The van der Waals surface area contributed by atoms with Crippen LogP contribution in [0.3, 0.4) is 0 Å². The molecule has 1 aromatic rings. The molecule has 1 atom stereocenters. The second-order valence-corrected chi connectivity index (χ2v) is 5.53. The maximum Gasteiger partial charge on any atom is 0.123 e. The predicted octanol–water partition coefficient (Wildman–Crippen LogP) is 2.75. The van der Waals surface area contributed by atoms with E-state index in [1.54, 1.807) is 7.11 Å². The number of rotatable bonds is 7. The smallest absolute Gasteiger partial charge is 0.123 e. The summed E-state index contributed by atoms with van der Waals surface area (Å²) in [7, 11) is 3.98. The number of nitrogens with one attached hydrogen (secondary N) is 1. The zero-order valence-corrected chi connectivity index (χ0v) is 12.6. The number of hydrogen-bond acceptors (Lipinski definition) is 3. The van der Waals surface area contributed by atoms with Crippen molar-refractivity contribution >= 4 is 0 Å². The Morgan fingerprint density at radius 2 is 2.16 bits per heavy atom. The molecule has 0 spiro atoms. The Morgan fingerprint density at radius 1 is 1.42 bits per heavy atom. The predicted molar refractivity (Wildman–Crippen MR) is 79.8 cm³/mol. The minimum atomic E-state index is 0.338. The van der Waals surface area contributed by atoms with E-state index < -0.39 is 0 Å². The van der Waals surface area contributed by atoms with Crippen LogP contribution in [0.5, 0.6) is 5.75 Å². The second kappa shape index (κ2) is 6.40. The van der Waals surface area contributed by atoms with Gasteiger partial charge < -0.3 is 15.0 Å². The van der Waals surface area contributed by atoms with Gasteiger partial charge in [-0.1, -0.05) is 24.6 Å². The number of likely N-dealkylation sites (N-methyl/N-ethyl adjacent to an activating group) is 2. The van der Waals surface area contributed by atoms with E-state index in [2.05, 4.69) is 49.3 Å². The highest BCUT2D eigenvalue weighted by molar-refractivity contribution is 5.39. The topological polar surface area (TPSA) is 24.5 Å². The molecule has 0 amide bonds. The fourth-order valence-corrected chi connectivity index (χ4v) is 2.60. The average Bonchev–Trinajstić information content (AvgIpc) is 3.22. The van der Waals surface area contributed by atoms with Crippen LogP contribution in [0.4, 0.5) is 0 Å². The van der Waals surface area contributed by atoms with Crippen molar-refractivity contribution in [2.24, 2.45) is 0 Å². The summed E-state index contributed by atoms with van der Waals surface area (Å²) in [5, 5.41) is 3.59. The highest BCUT2D eigenvalue weighted by atomic mass is 16.5. The van der Waals surface area contributed by atoms with Gasteiger partial charge in [0.15, 0.2) is 0 Å². The molecule has 1 aromatic carbocycles. The lowest BCUT2D eigenvalue weighted by atomic mass is 10.0. The van der Waals surface area contributed by atoms with E-state index >= 15 is 0 Å². The standard InChI is InChI=1S/C16H26N2O/c1-5-17-15(11-18(3)13-7-8-13)14-10-12(2)6-9-16(14)19-4/h6,9-10,13,15,17H,5,7-8,11H2,1-4H3. The highest BCUT2D eigenvalue weighted by Crippen LogP contribution is 2.30. The Kier molecular flexibility index (Phi) is 4.83. The maximum atomic E-state index is 5.53. The molecule has 0 aliphatic heterocycles. The van der Waals surface area contributed by atoms with Gasteiger partial charge in [0, 0.05) is 24.2 Å². The van der Waals surface area contributed by atoms with Gasteiger partial charge in [0.1, 0.15) is 5.75 Å². The molecule has 3 heteroatoms. The fourth-order valence-electron chi connectivity index (χ4n) is 2.60. The largest absolute Gasteiger partial charge is 0.496 e. The molecule has 2 rings (SSSR count). The van der Waals surface area contributed by atoms with E-state index in [-0.39, 0.29) is 0 Å². The molecule has 1 aliphatic rings. The lowest BCUT2D eigenvalue weighted by Crippen LogP contribution is -2.34. The summed E-state index contributed by atoms with van der Waals surface area (Å²) in [6.45, 7) is 6.31. The van der Waals surface area contributed by atoms with Crippen LogP contribution in [0, 0.1) is 6.92 Å². The molecular weight excluding hydrogens is 236 g/mol. The Labute approximate surface area is 116 Å². The summed E-state index contributed by atoms with van der Waals surface area (Å²) in [4.78, 5) is 2.47. The summed E-state index contributed by atoms with van der Waals surface area (Å²) in [6.07, 6.45) is 2.70. The molecule has 19 heavy (non-hydrogen) atoms. The minimum absolute atomic E-state index is 0.338. The Balaban J connectivity index is 2.18.